The van der Waals surface area contributed by atoms with E-state index in [9.17, 15) is 0 Å². The molecule has 2 heterocycles. The number of nitrogens with zero attached hydrogens (tertiary/aromatic N) is 2. The fraction of sp³-hybridized carbons (Fsp3) is 0.600. The molecule has 0 saturated carbocycles. The highest BCUT2D eigenvalue weighted by atomic mass is 32.2. The topological polar surface area (TPSA) is 63.8 Å². The number of hydrogen-bond donors (Lipinski definition) is 2. The van der Waals surface area contributed by atoms with Crippen LogP contribution in [0.5, 0.6) is 0 Å². The number of likely N-dealkylation sites (N-methyl/N-ethyl adjacent to an activating group) is 1. The van der Waals surface area contributed by atoms with Crippen LogP contribution in [-0.2, 0) is 18.6 Å². The van der Waals surface area contributed by atoms with Crippen LogP contribution in [0.25, 0.3) is 0 Å². The Balaban J connectivity index is 2.24. The molecule has 2 rings (SSSR count). The molecule has 1 aliphatic rings. The van der Waals surface area contributed by atoms with Gasteiger partial charge in [-0.1, -0.05) is 0 Å². The third-order valence-corrected chi connectivity index (χ3v) is 3.48. The molecular formula is C10H16N4S. The molecule has 1 aliphatic heterocycles. The maximum Gasteiger partial charge on any atom is 0.132 e. The zero-order valence-corrected chi connectivity index (χ0v) is 9.73. The Morgan fingerprint density at radius 3 is 3.13 bits per heavy atom. The number of fused-ring (bicyclic) bond motifs is 1. The molecule has 0 spiro atoms. The standard InChI is InChI=1S/C10H16N4S/c1-12-4-2-9-13-8-6-15-5-3-7(8)10(11)14-9/h12H,2-6H2,1H3,(H2,11,13,14). The van der Waals surface area contributed by atoms with Gasteiger partial charge in [0.1, 0.15) is 11.6 Å². The van der Waals surface area contributed by atoms with Crippen molar-refractivity contribution in [1.29, 1.82) is 0 Å². The Labute approximate surface area is 94.1 Å². The second-order valence-corrected chi connectivity index (χ2v) is 4.71. The van der Waals surface area contributed by atoms with Crippen LogP contribution in [0.1, 0.15) is 17.1 Å². The lowest BCUT2D eigenvalue weighted by Crippen LogP contribution is -2.17. The van der Waals surface area contributed by atoms with Crippen molar-refractivity contribution in [2.45, 2.75) is 18.6 Å². The third kappa shape index (κ3) is 2.41. The van der Waals surface area contributed by atoms with E-state index in [0.717, 1.165) is 42.4 Å². The molecule has 0 atom stereocenters. The van der Waals surface area contributed by atoms with Gasteiger partial charge >= 0.3 is 0 Å². The second kappa shape index (κ2) is 4.81. The Hall–Kier alpha value is -0.810. The molecule has 0 saturated heterocycles. The number of hydrogen-bond acceptors (Lipinski definition) is 5. The Kier molecular flexibility index (Phi) is 3.43. The van der Waals surface area contributed by atoms with Crippen LogP contribution in [0, 0.1) is 0 Å². The first-order chi connectivity index (χ1) is 7.31. The lowest BCUT2D eigenvalue weighted by molar-refractivity contribution is 0.748. The SMILES string of the molecule is CNCCc1nc(N)c2c(n1)CSCC2. The third-order valence-electron chi connectivity index (χ3n) is 2.50. The van der Waals surface area contributed by atoms with Gasteiger partial charge in [-0.3, -0.25) is 0 Å². The molecule has 3 N–H and O–H groups in total. The van der Waals surface area contributed by atoms with E-state index < -0.39 is 0 Å². The monoisotopic (exact) mass is 224 g/mol. The van der Waals surface area contributed by atoms with Crippen molar-refractivity contribution in [1.82, 2.24) is 15.3 Å². The van der Waals surface area contributed by atoms with Crippen molar-refractivity contribution >= 4 is 17.6 Å². The van der Waals surface area contributed by atoms with E-state index in [4.69, 9.17) is 5.73 Å². The quantitative estimate of drug-likeness (QED) is 0.787. The van der Waals surface area contributed by atoms with Crippen molar-refractivity contribution in [3.05, 3.63) is 17.1 Å². The molecule has 0 fully saturated rings. The highest BCUT2D eigenvalue weighted by Crippen LogP contribution is 2.26. The largest absolute Gasteiger partial charge is 0.383 e. The number of rotatable bonds is 3. The van der Waals surface area contributed by atoms with Gasteiger partial charge < -0.3 is 11.1 Å². The molecule has 4 nitrogen and oxygen atoms in total. The molecule has 0 aromatic carbocycles. The summed E-state index contributed by atoms with van der Waals surface area (Å²) >= 11 is 1.92. The van der Waals surface area contributed by atoms with Crippen LogP contribution in [0.4, 0.5) is 5.82 Å². The van der Waals surface area contributed by atoms with E-state index in [1.807, 2.05) is 18.8 Å². The number of nitrogens with two attached hydrogens (primary N) is 1. The van der Waals surface area contributed by atoms with Gasteiger partial charge in [-0.25, -0.2) is 9.97 Å². The average Bonchev–Trinajstić information content (AvgIpc) is 2.26. The van der Waals surface area contributed by atoms with Crippen molar-refractivity contribution < 1.29 is 0 Å². The van der Waals surface area contributed by atoms with Gasteiger partial charge in [-0.15, -0.1) is 0 Å². The molecule has 0 unspecified atom stereocenters. The van der Waals surface area contributed by atoms with Crippen molar-refractivity contribution in [3.8, 4) is 0 Å². The van der Waals surface area contributed by atoms with E-state index in [-0.39, 0.29) is 0 Å². The molecular weight excluding hydrogens is 208 g/mol. The van der Waals surface area contributed by atoms with Crippen LogP contribution in [0.2, 0.25) is 0 Å². The number of nitrogen functional groups attached to an aromatic ring is 1. The normalized spacial score (nSPS) is 15.0. The molecule has 15 heavy (non-hydrogen) atoms. The molecule has 0 bridgehead atoms. The van der Waals surface area contributed by atoms with Gasteiger partial charge in [0.2, 0.25) is 0 Å². The summed E-state index contributed by atoms with van der Waals surface area (Å²) in [5.41, 5.74) is 8.24. The first-order valence-corrected chi connectivity index (χ1v) is 6.33. The maximum atomic E-state index is 5.93. The minimum Gasteiger partial charge on any atom is -0.383 e. The van der Waals surface area contributed by atoms with Crippen LogP contribution in [0.3, 0.4) is 0 Å². The zero-order chi connectivity index (χ0) is 10.7. The smallest absolute Gasteiger partial charge is 0.132 e. The number of thioether (sulfide) groups is 1. The van der Waals surface area contributed by atoms with Crippen LogP contribution >= 0.6 is 11.8 Å². The molecule has 0 radical (unpaired) electrons. The summed E-state index contributed by atoms with van der Waals surface area (Å²) in [7, 11) is 1.93. The van der Waals surface area contributed by atoms with Gasteiger partial charge in [0, 0.05) is 24.3 Å². The predicted molar refractivity (Wildman–Crippen MR) is 63.9 cm³/mol. The van der Waals surface area contributed by atoms with Crippen molar-refractivity contribution in [2.24, 2.45) is 0 Å². The lowest BCUT2D eigenvalue weighted by Gasteiger charge is -2.16. The van der Waals surface area contributed by atoms with E-state index in [1.165, 1.54) is 5.56 Å². The predicted octanol–water partition coefficient (Wildman–Crippen LogP) is 0.610. The van der Waals surface area contributed by atoms with Gasteiger partial charge in [-0.2, -0.15) is 11.8 Å². The summed E-state index contributed by atoms with van der Waals surface area (Å²) in [6.45, 7) is 0.894. The lowest BCUT2D eigenvalue weighted by atomic mass is 10.1. The minimum absolute atomic E-state index is 0.686. The van der Waals surface area contributed by atoms with Gasteiger partial charge in [0.25, 0.3) is 0 Å². The molecule has 0 amide bonds. The Morgan fingerprint density at radius 1 is 1.47 bits per heavy atom. The summed E-state index contributed by atoms with van der Waals surface area (Å²) in [4.78, 5) is 8.90. The summed E-state index contributed by atoms with van der Waals surface area (Å²) in [5, 5.41) is 3.09. The molecule has 5 heteroatoms. The number of aromatic nitrogens is 2. The summed E-state index contributed by atoms with van der Waals surface area (Å²) in [6, 6.07) is 0. The summed E-state index contributed by atoms with van der Waals surface area (Å²) in [6.07, 6.45) is 1.86. The second-order valence-electron chi connectivity index (χ2n) is 3.61. The minimum atomic E-state index is 0.686. The zero-order valence-electron chi connectivity index (χ0n) is 8.92. The first-order valence-electron chi connectivity index (χ1n) is 5.17. The van der Waals surface area contributed by atoms with Crippen LogP contribution in [0.15, 0.2) is 0 Å². The summed E-state index contributed by atoms with van der Waals surface area (Å²) < 4.78 is 0. The van der Waals surface area contributed by atoms with Gasteiger partial charge in [-0.05, 0) is 19.2 Å². The Bertz CT molecular complexity index is 354. The van der Waals surface area contributed by atoms with Crippen LogP contribution in [-0.4, -0.2) is 29.3 Å². The molecule has 1 aromatic rings. The van der Waals surface area contributed by atoms with E-state index in [1.54, 1.807) is 0 Å². The van der Waals surface area contributed by atoms with Gasteiger partial charge in [0.05, 0.1) is 5.69 Å². The number of anilines is 1. The number of nitrogens with one attached hydrogen (secondary N) is 1. The highest BCUT2D eigenvalue weighted by Gasteiger charge is 2.15. The Morgan fingerprint density at radius 2 is 2.33 bits per heavy atom. The highest BCUT2D eigenvalue weighted by molar-refractivity contribution is 7.98. The van der Waals surface area contributed by atoms with Crippen molar-refractivity contribution in [3.63, 3.8) is 0 Å². The first kappa shape index (κ1) is 10.7. The molecule has 82 valence electrons. The maximum absolute atomic E-state index is 5.93. The summed E-state index contributed by atoms with van der Waals surface area (Å²) in [5.74, 6) is 3.67. The average molecular weight is 224 g/mol. The van der Waals surface area contributed by atoms with E-state index in [0.29, 0.717) is 5.82 Å². The fourth-order valence-electron chi connectivity index (χ4n) is 1.69. The van der Waals surface area contributed by atoms with E-state index >= 15 is 0 Å². The van der Waals surface area contributed by atoms with Crippen LogP contribution < -0.4 is 11.1 Å². The fourth-order valence-corrected chi connectivity index (χ4v) is 2.61. The molecule has 0 aliphatic carbocycles. The van der Waals surface area contributed by atoms with E-state index in [2.05, 4.69) is 15.3 Å². The van der Waals surface area contributed by atoms with Crippen molar-refractivity contribution in [2.75, 3.05) is 25.1 Å². The van der Waals surface area contributed by atoms with Gasteiger partial charge in [0.15, 0.2) is 0 Å². The molecule has 1 aromatic heterocycles.